The summed E-state index contributed by atoms with van der Waals surface area (Å²) in [5.41, 5.74) is 0.171. The van der Waals surface area contributed by atoms with Gasteiger partial charge in [0.1, 0.15) is 5.82 Å². The highest BCUT2D eigenvalue weighted by atomic mass is 19.1. The Morgan fingerprint density at radius 1 is 1.50 bits per heavy atom. The molecule has 0 spiro atoms. The minimum atomic E-state index is -0.640. The molecule has 0 amide bonds. The molecule has 2 rings (SSSR count). The number of halogens is 1. The van der Waals surface area contributed by atoms with Crippen LogP contribution >= 0.6 is 0 Å². The van der Waals surface area contributed by atoms with E-state index in [1.54, 1.807) is 0 Å². The molecule has 20 heavy (non-hydrogen) atoms. The number of hydrogen-bond donors (Lipinski definition) is 1. The third-order valence-electron chi connectivity index (χ3n) is 3.38. The van der Waals surface area contributed by atoms with E-state index in [2.05, 4.69) is 0 Å². The van der Waals surface area contributed by atoms with Crippen LogP contribution in [0.1, 0.15) is 6.42 Å². The van der Waals surface area contributed by atoms with Crippen molar-refractivity contribution in [2.75, 3.05) is 32.1 Å². The Balaban J connectivity index is 2.31. The lowest BCUT2D eigenvalue weighted by atomic mass is 10.1. The van der Waals surface area contributed by atoms with Gasteiger partial charge in [-0.3, -0.25) is 10.1 Å². The third kappa shape index (κ3) is 3.23. The number of aliphatic hydroxyl groups is 1. The Morgan fingerprint density at radius 3 is 2.80 bits per heavy atom. The SMILES string of the molecule is CN(C)CC1CC(O)CN1c1cc(F)cc([N+](=O)[O-])c1. The number of rotatable bonds is 4. The molecule has 1 aromatic carbocycles. The van der Waals surface area contributed by atoms with Crippen LogP contribution < -0.4 is 4.90 Å². The quantitative estimate of drug-likeness (QED) is 0.665. The molecule has 2 atom stereocenters. The molecule has 1 fully saturated rings. The van der Waals surface area contributed by atoms with E-state index in [4.69, 9.17) is 0 Å². The summed E-state index contributed by atoms with van der Waals surface area (Å²) in [7, 11) is 3.83. The Labute approximate surface area is 116 Å². The van der Waals surface area contributed by atoms with Crippen molar-refractivity contribution in [3.05, 3.63) is 34.1 Å². The minimum absolute atomic E-state index is 0.0152. The van der Waals surface area contributed by atoms with Crippen LogP contribution in [0.2, 0.25) is 0 Å². The molecule has 1 saturated heterocycles. The molecule has 1 heterocycles. The van der Waals surface area contributed by atoms with Crippen LogP contribution in [-0.2, 0) is 0 Å². The number of β-amino-alcohol motifs (C(OH)–C–C–N with tert-alkyl or cyclic N) is 1. The first-order chi connectivity index (χ1) is 9.36. The summed E-state index contributed by atoms with van der Waals surface area (Å²) in [5.74, 6) is -0.640. The molecule has 7 heteroatoms. The highest BCUT2D eigenvalue weighted by molar-refractivity contribution is 5.55. The molecule has 6 nitrogen and oxygen atoms in total. The maximum Gasteiger partial charge on any atom is 0.274 e. The molecule has 1 aliphatic heterocycles. The first-order valence-corrected chi connectivity index (χ1v) is 6.41. The molecule has 110 valence electrons. The highest BCUT2D eigenvalue weighted by Crippen LogP contribution is 2.30. The largest absolute Gasteiger partial charge is 0.391 e. The van der Waals surface area contributed by atoms with E-state index in [0.717, 1.165) is 6.07 Å². The second-order valence-electron chi connectivity index (χ2n) is 5.38. The second kappa shape index (κ2) is 5.72. The zero-order chi connectivity index (χ0) is 14.9. The first-order valence-electron chi connectivity index (χ1n) is 6.41. The number of nitrogens with zero attached hydrogens (tertiary/aromatic N) is 3. The second-order valence-corrected chi connectivity index (χ2v) is 5.38. The van der Waals surface area contributed by atoms with Gasteiger partial charge in [-0.05, 0) is 26.6 Å². The summed E-state index contributed by atoms with van der Waals surface area (Å²) in [5, 5.41) is 20.6. The summed E-state index contributed by atoms with van der Waals surface area (Å²) in [6.07, 6.45) is 0.0740. The minimum Gasteiger partial charge on any atom is -0.391 e. The number of likely N-dealkylation sites (N-methyl/N-ethyl adjacent to an activating group) is 1. The van der Waals surface area contributed by atoms with E-state index in [-0.39, 0.29) is 11.7 Å². The van der Waals surface area contributed by atoms with Crippen molar-refractivity contribution >= 4 is 11.4 Å². The fourth-order valence-corrected chi connectivity index (χ4v) is 2.63. The predicted molar refractivity (Wildman–Crippen MR) is 73.4 cm³/mol. The van der Waals surface area contributed by atoms with E-state index in [9.17, 15) is 19.6 Å². The summed E-state index contributed by atoms with van der Waals surface area (Å²) in [6, 6.07) is 3.54. The van der Waals surface area contributed by atoms with Gasteiger partial charge in [-0.15, -0.1) is 0 Å². The maximum atomic E-state index is 13.5. The van der Waals surface area contributed by atoms with Crippen LogP contribution in [0, 0.1) is 15.9 Å². The zero-order valence-corrected chi connectivity index (χ0v) is 11.5. The molecule has 0 aliphatic carbocycles. The van der Waals surface area contributed by atoms with Gasteiger partial charge in [0.15, 0.2) is 0 Å². The number of non-ortho nitro benzene ring substituents is 1. The summed E-state index contributed by atoms with van der Waals surface area (Å²) < 4.78 is 13.5. The van der Waals surface area contributed by atoms with E-state index in [0.29, 0.717) is 25.2 Å². The standard InChI is InChI=1S/C13H18FN3O3/c1-15(2)7-12-6-13(18)8-16(12)10-3-9(14)4-11(5-10)17(19)20/h3-5,12-13,18H,6-8H2,1-2H3. The topological polar surface area (TPSA) is 69.8 Å². The van der Waals surface area contributed by atoms with Gasteiger partial charge in [-0.2, -0.15) is 0 Å². The Bertz CT molecular complexity index is 510. The van der Waals surface area contributed by atoms with E-state index in [1.165, 1.54) is 12.1 Å². The lowest BCUT2D eigenvalue weighted by Gasteiger charge is -2.28. The predicted octanol–water partition coefficient (Wildman–Crippen LogP) is 1.24. The molecular formula is C13H18FN3O3. The molecule has 2 unspecified atom stereocenters. The van der Waals surface area contributed by atoms with Gasteiger partial charge in [-0.25, -0.2) is 4.39 Å². The molecule has 0 bridgehead atoms. The molecule has 1 aliphatic rings. The van der Waals surface area contributed by atoms with Crippen molar-refractivity contribution < 1.29 is 14.4 Å². The monoisotopic (exact) mass is 283 g/mol. The average Bonchev–Trinajstić information content (AvgIpc) is 2.68. The van der Waals surface area contributed by atoms with Gasteiger partial charge < -0.3 is 14.9 Å². The van der Waals surface area contributed by atoms with Crippen molar-refractivity contribution in [2.45, 2.75) is 18.6 Å². The third-order valence-corrected chi connectivity index (χ3v) is 3.38. The van der Waals surface area contributed by atoms with Crippen LogP contribution in [0.5, 0.6) is 0 Å². The van der Waals surface area contributed by atoms with E-state index in [1.807, 2.05) is 23.9 Å². The normalized spacial score (nSPS) is 22.6. The Morgan fingerprint density at radius 2 is 2.20 bits per heavy atom. The van der Waals surface area contributed by atoms with Gasteiger partial charge in [0.25, 0.3) is 5.69 Å². The maximum absolute atomic E-state index is 13.5. The lowest BCUT2D eigenvalue weighted by molar-refractivity contribution is -0.385. The number of anilines is 1. The van der Waals surface area contributed by atoms with Crippen LogP contribution in [-0.4, -0.2) is 54.3 Å². The van der Waals surface area contributed by atoms with Gasteiger partial charge in [0.05, 0.1) is 17.1 Å². The van der Waals surface area contributed by atoms with Gasteiger partial charge in [0.2, 0.25) is 0 Å². The first kappa shape index (κ1) is 14.7. The Kier molecular flexibility index (Phi) is 4.20. The van der Waals surface area contributed by atoms with Gasteiger partial charge >= 0.3 is 0 Å². The van der Waals surface area contributed by atoms with Gasteiger partial charge in [-0.1, -0.05) is 0 Å². The fraction of sp³-hybridized carbons (Fsp3) is 0.538. The fourth-order valence-electron chi connectivity index (χ4n) is 2.63. The van der Waals surface area contributed by atoms with Crippen molar-refractivity contribution in [1.82, 2.24) is 4.90 Å². The number of aliphatic hydroxyl groups excluding tert-OH is 1. The average molecular weight is 283 g/mol. The van der Waals surface area contributed by atoms with Gasteiger partial charge in [0, 0.05) is 30.9 Å². The molecule has 1 aromatic rings. The smallest absolute Gasteiger partial charge is 0.274 e. The van der Waals surface area contributed by atoms with Crippen LogP contribution in [0.4, 0.5) is 15.8 Å². The lowest BCUT2D eigenvalue weighted by Crippen LogP contribution is -2.37. The molecule has 0 aromatic heterocycles. The van der Waals surface area contributed by atoms with E-state index < -0.39 is 16.8 Å². The highest BCUT2D eigenvalue weighted by Gasteiger charge is 2.32. The van der Waals surface area contributed by atoms with Crippen molar-refractivity contribution in [3.8, 4) is 0 Å². The summed E-state index contributed by atoms with van der Waals surface area (Å²) in [4.78, 5) is 14.0. The summed E-state index contributed by atoms with van der Waals surface area (Å²) >= 11 is 0. The van der Waals surface area contributed by atoms with Crippen molar-refractivity contribution in [2.24, 2.45) is 0 Å². The van der Waals surface area contributed by atoms with Crippen LogP contribution in [0.25, 0.3) is 0 Å². The number of nitro benzene ring substituents is 1. The molecule has 0 saturated carbocycles. The number of hydrogen-bond acceptors (Lipinski definition) is 5. The van der Waals surface area contributed by atoms with Crippen LogP contribution in [0.3, 0.4) is 0 Å². The Hall–Kier alpha value is -1.73. The number of benzene rings is 1. The molecule has 1 N–H and O–H groups in total. The van der Waals surface area contributed by atoms with E-state index >= 15 is 0 Å². The zero-order valence-electron chi connectivity index (χ0n) is 11.5. The van der Waals surface area contributed by atoms with Crippen LogP contribution in [0.15, 0.2) is 18.2 Å². The van der Waals surface area contributed by atoms with Crippen molar-refractivity contribution in [1.29, 1.82) is 0 Å². The molecular weight excluding hydrogens is 265 g/mol. The molecule has 0 radical (unpaired) electrons. The van der Waals surface area contributed by atoms with Crippen molar-refractivity contribution in [3.63, 3.8) is 0 Å². The number of nitro groups is 1. The summed E-state index contributed by atoms with van der Waals surface area (Å²) in [6.45, 7) is 1.06.